The molecule has 1 aromatic carbocycles. The van der Waals surface area contributed by atoms with Crippen molar-refractivity contribution in [2.75, 3.05) is 13.2 Å². The molecular weight excluding hydrogens is 334 g/mol. The molecule has 1 aromatic heterocycles. The first kappa shape index (κ1) is 15.9. The van der Waals surface area contributed by atoms with Crippen LogP contribution in [0, 0.1) is 0 Å². The summed E-state index contributed by atoms with van der Waals surface area (Å²) in [6.45, 7) is 4.84. The molecule has 0 fully saturated rings. The fourth-order valence-corrected chi connectivity index (χ4v) is 3.46. The number of carbonyl (C=O) groups is 1. The summed E-state index contributed by atoms with van der Waals surface area (Å²) in [6.07, 6.45) is 1.05. The van der Waals surface area contributed by atoms with E-state index in [1.165, 1.54) is 11.3 Å². The lowest BCUT2D eigenvalue weighted by atomic mass is 10.2. The minimum atomic E-state index is -0.653. The molecule has 1 amide bonds. The zero-order chi connectivity index (χ0) is 16.2. The van der Waals surface area contributed by atoms with Crippen molar-refractivity contribution in [2.45, 2.75) is 12.6 Å². The number of hydrogen-bond donors (Lipinski definition) is 0. The average molecular weight is 350 g/mol. The summed E-state index contributed by atoms with van der Waals surface area (Å²) in [5.74, 6) is 1.13. The zero-order valence-corrected chi connectivity index (χ0v) is 14.0. The van der Waals surface area contributed by atoms with Gasteiger partial charge in [0.2, 0.25) is 6.10 Å². The number of para-hydroxylation sites is 2. The Bertz CT molecular complexity index is 715. The Morgan fingerprint density at radius 2 is 2.13 bits per heavy atom. The summed E-state index contributed by atoms with van der Waals surface area (Å²) >= 11 is 7.42. The van der Waals surface area contributed by atoms with E-state index < -0.39 is 6.10 Å². The van der Waals surface area contributed by atoms with Crippen LogP contribution in [0.15, 0.2) is 49.1 Å². The number of amides is 1. The fourth-order valence-electron chi connectivity index (χ4n) is 2.36. The molecular formula is C17H16ClNO3S. The highest BCUT2D eigenvalue weighted by Crippen LogP contribution is 2.31. The second kappa shape index (κ2) is 7.06. The molecule has 1 unspecified atom stereocenters. The number of fused-ring (bicyclic) bond motifs is 1. The Balaban J connectivity index is 1.72. The van der Waals surface area contributed by atoms with Gasteiger partial charge in [0.1, 0.15) is 6.61 Å². The largest absolute Gasteiger partial charge is 0.485 e. The molecule has 0 bridgehead atoms. The van der Waals surface area contributed by atoms with Gasteiger partial charge in [0.25, 0.3) is 5.91 Å². The van der Waals surface area contributed by atoms with Crippen molar-refractivity contribution >= 4 is 28.8 Å². The molecule has 1 aliphatic heterocycles. The van der Waals surface area contributed by atoms with Crippen LogP contribution in [0.5, 0.6) is 11.5 Å². The number of rotatable bonds is 5. The van der Waals surface area contributed by atoms with Crippen molar-refractivity contribution in [3.63, 3.8) is 0 Å². The van der Waals surface area contributed by atoms with Crippen LogP contribution in [0.2, 0.25) is 4.34 Å². The van der Waals surface area contributed by atoms with E-state index in [2.05, 4.69) is 6.58 Å². The number of benzene rings is 1. The molecule has 2 heterocycles. The van der Waals surface area contributed by atoms with E-state index in [4.69, 9.17) is 21.1 Å². The van der Waals surface area contributed by atoms with E-state index in [0.717, 1.165) is 4.88 Å². The summed E-state index contributed by atoms with van der Waals surface area (Å²) in [4.78, 5) is 15.5. The Hall–Kier alpha value is -1.98. The van der Waals surface area contributed by atoms with Crippen molar-refractivity contribution < 1.29 is 14.3 Å². The Kier molecular flexibility index (Phi) is 4.88. The van der Waals surface area contributed by atoms with Crippen LogP contribution < -0.4 is 9.47 Å². The van der Waals surface area contributed by atoms with Gasteiger partial charge in [-0.2, -0.15) is 0 Å². The molecule has 0 saturated heterocycles. The van der Waals surface area contributed by atoms with Crippen molar-refractivity contribution in [3.8, 4) is 11.5 Å². The van der Waals surface area contributed by atoms with Gasteiger partial charge in [-0.3, -0.25) is 4.79 Å². The monoisotopic (exact) mass is 349 g/mol. The van der Waals surface area contributed by atoms with Crippen LogP contribution >= 0.6 is 22.9 Å². The topological polar surface area (TPSA) is 38.8 Å². The molecule has 1 aliphatic rings. The fraction of sp³-hybridized carbons (Fsp3) is 0.235. The third kappa shape index (κ3) is 3.68. The summed E-state index contributed by atoms with van der Waals surface area (Å²) in [5.41, 5.74) is 0. The summed E-state index contributed by atoms with van der Waals surface area (Å²) in [6, 6.07) is 11.1. The van der Waals surface area contributed by atoms with E-state index in [-0.39, 0.29) is 12.5 Å². The van der Waals surface area contributed by atoms with Gasteiger partial charge in [0, 0.05) is 11.4 Å². The van der Waals surface area contributed by atoms with E-state index in [1.807, 2.05) is 30.3 Å². The van der Waals surface area contributed by atoms with Crippen molar-refractivity contribution in [3.05, 3.63) is 58.3 Å². The van der Waals surface area contributed by atoms with Crippen molar-refractivity contribution in [2.24, 2.45) is 0 Å². The van der Waals surface area contributed by atoms with Gasteiger partial charge in [0.05, 0.1) is 10.9 Å². The van der Waals surface area contributed by atoms with Crippen LogP contribution in [0.3, 0.4) is 0 Å². The lowest BCUT2D eigenvalue weighted by Gasteiger charge is -2.30. The summed E-state index contributed by atoms with van der Waals surface area (Å²) in [5, 5.41) is 0. The predicted octanol–water partition coefficient (Wildman–Crippen LogP) is 3.76. The maximum absolute atomic E-state index is 12.8. The molecule has 2 aromatic rings. The molecule has 1 atom stereocenters. The number of ether oxygens (including phenoxy) is 2. The number of hydrogen-bond acceptors (Lipinski definition) is 4. The van der Waals surface area contributed by atoms with Crippen LogP contribution in [0.1, 0.15) is 4.88 Å². The number of thiophene rings is 1. The van der Waals surface area contributed by atoms with Crippen molar-refractivity contribution in [1.82, 2.24) is 4.90 Å². The van der Waals surface area contributed by atoms with Gasteiger partial charge in [-0.15, -0.1) is 17.9 Å². The predicted molar refractivity (Wildman–Crippen MR) is 91.3 cm³/mol. The molecule has 0 radical (unpaired) electrons. The van der Waals surface area contributed by atoms with Crippen LogP contribution in [-0.4, -0.2) is 30.1 Å². The first-order chi connectivity index (χ1) is 11.2. The molecule has 6 heteroatoms. The lowest BCUT2D eigenvalue weighted by Crippen LogP contribution is -2.46. The third-order valence-corrected chi connectivity index (χ3v) is 4.64. The molecule has 4 nitrogen and oxygen atoms in total. The molecule has 23 heavy (non-hydrogen) atoms. The average Bonchev–Trinajstić information content (AvgIpc) is 2.98. The minimum absolute atomic E-state index is 0.121. The molecule has 0 spiro atoms. The van der Waals surface area contributed by atoms with Gasteiger partial charge in [0.15, 0.2) is 11.5 Å². The van der Waals surface area contributed by atoms with Gasteiger partial charge in [-0.25, -0.2) is 0 Å². The molecule has 0 aliphatic carbocycles. The highest BCUT2D eigenvalue weighted by Gasteiger charge is 2.30. The summed E-state index contributed by atoms with van der Waals surface area (Å²) in [7, 11) is 0. The number of nitrogens with zero attached hydrogens (tertiary/aromatic N) is 1. The highest BCUT2D eigenvalue weighted by atomic mass is 35.5. The quantitative estimate of drug-likeness (QED) is 0.771. The van der Waals surface area contributed by atoms with Crippen molar-refractivity contribution in [1.29, 1.82) is 0 Å². The summed E-state index contributed by atoms with van der Waals surface area (Å²) < 4.78 is 12.1. The van der Waals surface area contributed by atoms with E-state index >= 15 is 0 Å². The first-order valence-electron chi connectivity index (χ1n) is 7.20. The number of carbonyl (C=O) groups excluding carboxylic acids is 1. The number of halogens is 1. The van der Waals surface area contributed by atoms with Gasteiger partial charge in [-0.05, 0) is 24.3 Å². The molecule has 0 saturated carbocycles. The Labute approximate surface area is 143 Å². The van der Waals surface area contributed by atoms with Gasteiger partial charge >= 0.3 is 0 Å². The zero-order valence-electron chi connectivity index (χ0n) is 12.4. The lowest BCUT2D eigenvalue weighted by molar-refractivity contribution is -0.141. The molecule has 120 valence electrons. The second-order valence-corrected chi connectivity index (χ2v) is 6.88. The standard InChI is InChI=1S/C17H16ClNO3S/c1-2-9-19(10-12-7-8-16(18)23-12)17(20)15-11-21-13-5-3-4-6-14(13)22-15/h2-8,15H,1,9-11H2. The smallest absolute Gasteiger partial charge is 0.267 e. The normalized spacial score (nSPS) is 16.0. The molecule has 3 rings (SSSR count). The maximum Gasteiger partial charge on any atom is 0.267 e. The van der Waals surface area contributed by atoms with Gasteiger partial charge in [-0.1, -0.05) is 29.8 Å². The third-order valence-electron chi connectivity index (χ3n) is 3.42. The minimum Gasteiger partial charge on any atom is -0.485 e. The van der Waals surface area contributed by atoms with Crippen LogP contribution in [0.4, 0.5) is 0 Å². The first-order valence-corrected chi connectivity index (χ1v) is 8.39. The Morgan fingerprint density at radius 1 is 1.35 bits per heavy atom. The highest BCUT2D eigenvalue weighted by molar-refractivity contribution is 7.16. The van der Waals surface area contributed by atoms with Gasteiger partial charge < -0.3 is 14.4 Å². The van der Waals surface area contributed by atoms with Crippen LogP contribution in [-0.2, 0) is 11.3 Å². The van der Waals surface area contributed by atoms with Crippen LogP contribution in [0.25, 0.3) is 0 Å². The van der Waals surface area contributed by atoms with E-state index in [0.29, 0.717) is 28.9 Å². The second-order valence-electron chi connectivity index (χ2n) is 5.08. The maximum atomic E-state index is 12.8. The Morgan fingerprint density at radius 3 is 2.83 bits per heavy atom. The SMILES string of the molecule is C=CCN(Cc1ccc(Cl)s1)C(=O)C1COc2ccccc2O1. The van der Waals surface area contributed by atoms with E-state index in [1.54, 1.807) is 17.0 Å². The van der Waals surface area contributed by atoms with E-state index in [9.17, 15) is 4.79 Å². The molecule has 0 N–H and O–H groups in total.